The maximum absolute atomic E-state index is 12.8. The molecule has 0 aliphatic rings. The van der Waals surface area contributed by atoms with Crippen molar-refractivity contribution in [1.82, 2.24) is 5.32 Å². The molecule has 88 valence electrons. The fraction of sp³-hybridized carbons (Fsp3) is 0.333. The lowest BCUT2D eigenvalue weighted by atomic mass is 10.3. The minimum Gasteiger partial charge on any atom is -0.489 e. The van der Waals surface area contributed by atoms with Crippen molar-refractivity contribution >= 4 is 0 Å². The van der Waals surface area contributed by atoms with Crippen molar-refractivity contribution in [2.24, 2.45) is 0 Å². The summed E-state index contributed by atoms with van der Waals surface area (Å²) >= 11 is 0. The highest BCUT2D eigenvalue weighted by Gasteiger charge is 2.02. The summed E-state index contributed by atoms with van der Waals surface area (Å²) in [6.45, 7) is 7.48. The molecule has 1 rings (SSSR count). The monoisotopic (exact) mass is 227 g/mol. The lowest BCUT2D eigenvalue weighted by molar-refractivity contribution is 0.344. The first-order valence-corrected chi connectivity index (χ1v) is 5.08. The second-order valence-electron chi connectivity index (χ2n) is 3.42. The molecule has 0 aliphatic heterocycles. The zero-order valence-electron chi connectivity index (χ0n) is 9.22. The second kappa shape index (κ2) is 6.23. The van der Waals surface area contributed by atoms with E-state index in [0.717, 1.165) is 30.3 Å². The van der Waals surface area contributed by atoms with Gasteiger partial charge in [-0.25, -0.2) is 8.78 Å². The molecule has 0 radical (unpaired) electrons. The smallest absolute Gasteiger partial charge is 0.129 e. The molecule has 0 aliphatic carbocycles. The average Bonchev–Trinajstić information content (AvgIpc) is 2.22. The summed E-state index contributed by atoms with van der Waals surface area (Å²) in [5.41, 5.74) is 0.825. The molecule has 0 spiro atoms. The van der Waals surface area contributed by atoms with Crippen molar-refractivity contribution < 1.29 is 13.5 Å². The summed E-state index contributed by atoms with van der Waals surface area (Å²) in [5, 5.41) is 3.08. The Balaban J connectivity index is 2.45. The van der Waals surface area contributed by atoms with Gasteiger partial charge in [0.1, 0.15) is 24.0 Å². The Bertz CT molecular complexity index is 346. The van der Waals surface area contributed by atoms with Gasteiger partial charge in [-0.1, -0.05) is 13.5 Å². The van der Waals surface area contributed by atoms with Crippen molar-refractivity contribution in [2.75, 3.05) is 19.7 Å². The van der Waals surface area contributed by atoms with Crippen molar-refractivity contribution in [2.45, 2.75) is 6.92 Å². The first-order valence-electron chi connectivity index (χ1n) is 5.08. The van der Waals surface area contributed by atoms with Crippen molar-refractivity contribution in [3.63, 3.8) is 0 Å². The molecule has 1 aromatic rings. The molecule has 1 aromatic carbocycles. The van der Waals surface area contributed by atoms with E-state index in [9.17, 15) is 8.78 Å². The van der Waals surface area contributed by atoms with Gasteiger partial charge in [0.2, 0.25) is 0 Å². The number of hydrogen-bond acceptors (Lipinski definition) is 2. The average molecular weight is 227 g/mol. The lowest BCUT2D eigenvalue weighted by Gasteiger charge is -2.09. The predicted octanol–water partition coefficient (Wildman–Crippen LogP) is 2.51. The molecular formula is C12H15F2NO. The Hall–Kier alpha value is -1.42. The Morgan fingerprint density at radius 1 is 1.31 bits per heavy atom. The van der Waals surface area contributed by atoms with Crippen molar-refractivity contribution in [1.29, 1.82) is 0 Å². The van der Waals surface area contributed by atoms with E-state index < -0.39 is 11.6 Å². The molecule has 0 heterocycles. The van der Waals surface area contributed by atoms with Crippen LogP contribution in [0.15, 0.2) is 30.4 Å². The van der Waals surface area contributed by atoms with Crippen LogP contribution in [0.1, 0.15) is 6.92 Å². The van der Waals surface area contributed by atoms with Crippen LogP contribution in [0.25, 0.3) is 0 Å². The van der Waals surface area contributed by atoms with Crippen LogP contribution < -0.4 is 10.1 Å². The first kappa shape index (κ1) is 12.6. The third-order valence-corrected chi connectivity index (χ3v) is 1.90. The van der Waals surface area contributed by atoms with E-state index in [0.29, 0.717) is 6.54 Å². The Morgan fingerprint density at radius 2 is 1.94 bits per heavy atom. The summed E-state index contributed by atoms with van der Waals surface area (Å²) in [4.78, 5) is 0. The van der Waals surface area contributed by atoms with Gasteiger partial charge < -0.3 is 10.1 Å². The summed E-state index contributed by atoms with van der Waals surface area (Å²) in [6.07, 6.45) is 0. The van der Waals surface area contributed by atoms with Crippen LogP contribution in [0.4, 0.5) is 8.78 Å². The molecule has 0 bridgehead atoms. The molecule has 0 saturated heterocycles. The molecular weight excluding hydrogens is 212 g/mol. The van der Waals surface area contributed by atoms with Crippen molar-refractivity contribution in [3.05, 3.63) is 42.0 Å². The molecule has 0 fully saturated rings. The largest absolute Gasteiger partial charge is 0.489 e. The van der Waals surface area contributed by atoms with E-state index in [1.165, 1.54) is 0 Å². The standard InChI is InChI=1S/C12H15F2NO/c1-3-15-7-9(2)8-16-12-5-10(13)4-11(14)6-12/h4-6,15H,2-3,7-8H2,1H3. The minimum absolute atomic E-state index is 0.176. The normalized spacial score (nSPS) is 10.2. The molecule has 0 amide bonds. The molecule has 0 atom stereocenters. The summed E-state index contributed by atoms with van der Waals surface area (Å²) < 4.78 is 30.8. The SMILES string of the molecule is C=C(CNCC)COc1cc(F)cc(F)c1. The van der Waals surface area contributed by atoms with Crippen LogP contribution in [0.3, 0.4) is 0 Å². The Labute approximate surface area is 93.9 Å². The summed E-state index contributed by atoms with van der Waals surface area (Å²) in [7, 11) is 0. The first-order chi connectivity index (χ1) is 7.61. The maximum atomic E-state index is 12.8. The summed E-state index contributed by atoms with van der Waals surface area (Å²) in [6, 6.07) is 3.09. The fourth-order valence-corrected chi connectivity index (χ4v) is 1.15. The Kier molecular flexibility index (Phi) is 4.92. The number of likely N-dealkylation sites (N-methyl/N-ethyl adjacent to an activating group) is 1. The summed E-state index contributed by atoms with van der Waals surface area (Å²) in [5.74, 6) is -1.12. The third-order valence-electron chi connectivity index (χ3n) is 1.90. The van der Waals surface area contributed by atoms with Crippen LogP contribution >= 0.6 is 0 Å². The van der Waals surface area contributed by atoms with Gasteiger partial charge in [-0.3, -0.25) is 0 Å². The van der Waals surface area contributed by atoms with Crippen LogP contribution in [0.2, 0.25) is 0 Å². The zero-order valence-corrected chi connectivity index (χ0v) is 9.22. The fourth-order valence-electron chi connectivity index (χ4n) is 1.15. The van der Waals surface area contributed by atoms with Crippen LogP contribution in [0, 0.1) is 11.6 Å². The van der Waals surface area contributed by atoms with Gasteiger partial charge in [0, 0.05) is 24.7 Å². The van der Waals surface area contributed by atoms with E-state index in [1.807, 2.05) is 6.92 Å². The highest BCUT2D eigenvalue weighted by atomic mass is 19.1. The van der Waals surface area contributed by atoms with E-state index in [-0.39, 0.29) is 12.4 Å². The number of nitrogens with one attached hydrogen (secondary N) is 1. The lowest BCUT2D eigenvalue weighted by Crippen LogP contribution is -2.18. The number of benzene rings is 1. The molecule has 2 nitrogen and oxygen atoms in total. The number of ether oxygens (including phenoxy) is 1. The topological polar surface area (TPSA) is 21.3 Å². The van der Waals surface area contributed by atoms with Gasteiger partial charge in [-0.05, 0) is 12.1 Å². The molecule has 4 heteroatoms. The van der Waals surface area contributed by atoms with Crippen LogP contribution in [-0.4, -0.2) is 19.7 Å². The van der Waals surface area contributed by atoms with Gasteiger partial charge in [-0.2, -0.15) is 0 Å². The predicted molar refractivity (Wildman–Crippen MR) is 59.5 cm³/mol. The zero-order chi connectivity index (χ0) is 12.0. The minimum atomic E-state index is -0.646. The van der Waals surface area contributed by atoms with Crippen LogP contribution in [0.5, 0.6) is 5.75 Å². The molecule has 1 N–H and O–H groups in total. The molecule has 16 heavy (non-hydrogen) atoms. The van der Waals surface area contributed by atoms with Crippen LogP contribution in [-0.2, 0) is 0 Å². The van der Waals surface area contributed by atoms with Gasteiger partial charge in [0.15, 0.2) is 0 Å². The number of rotatable bonds is 6. The highest BCUT2D eigenvalue weighted by Crippen LogP contribution is 2.15. The van der Waals surface area contributed by atoms with E-state index in [4.69, 9.17) is 4.74 Å². The Morgan fingerprint density at radius 3 is 2.50 bits per heavy atom. The number of halogens is 2. The highest BCUT2D eigenvalue weighted by molar-refractivity contribution is 5.24. The maximum Gasteiger partial charge on any atom is 0.129 e. The number of hydrogen-bond donors (Lipinski definition) is 1. The second-order valence-corrected chi connectivity index (χ2v) is 3.42. The molecule has 0 aromatic heterocycles. The van der Waals surface area contributed by atoms with E-state index in [2.05, 4.69) is 11.9 Å². The van der Waals surface area contributed by atoms with Crippen molar-refractivity contribution in [3.8, 4) is 5.75 Å². The molecule has 0 unspecified atom stereocenters. The van der Waals surface area contributed by atoms with Gasteiger partial charge in [-0.15, -0.1) is 0 Å². The molecule has 0 saturated carbocycles. The van der Waals surface area contributed by atoms with Gasteiger partial charge >= 0.3 is 0 Å². The van der Waals surface area contributed by atoms with E-state index >= 15 is 0 Å². The quantitative estimate of drug-likeness (QED) is 0.754. The third kappa shape index (κ3) is 4.40. The van der Waals surface area contributed by atoms with Gasteiger partial charge in [0.05, 0.1) is 0 Å². The van der Waals surface area contributed by atoms with E-state index in [1.54, 1.807) is 0 Å². The van der Waals surface area contributed by atoms with Gasteiger partial charge in [0.25, 0.3) is 0 Å².